The van der Waals surface area contributed by atoms with Gasteiger partial charge >= 0.3 is 0 Å². The van der Waals surface area contributed by atoms with Crippen molar-refractivity contribution >= 4 is 28.6 Å². The molecule has 40 heavy (non-hydrogen) atoms. The minimum absolute atomic E-state index is 0.104. The highest BCUT2D eigenvalue weighted by atomic mass is 16.5. The van der Waals surface area contributed by atoms with Gasteiger partial charge < -0.3 is 34.3 Å². The van der Waals surface area contributed by atoms with Crippen molar-refractivity contribution in [1.82, 2.24) is 4.57 Å². The van der Waals surface area contributed by atoms with Crippen molar-refractivity contribution < 1.29 is 29.2 Å². The van der Waals surface area contributed by atoms with Gasteiger partial charge in [0.15, 0.2) is 17.2 Å². The average molecular weight is 551 g/mol. The van der Waals surface area contributed by atoms with Crippen LogP contribution in [-0.4, -0.2) is 34.9 Å². The van der Waals surface area contributed by atoms with E-state index in [-0.39, 0.29) is 23.0 Å². The van der Waals surface area contributed by atoms with E-state index in [0.29, 0.717) is 40.9 Å². The van der Waals surface area contributed by atoms with E-state index in [1.165, 1.54) is 24.9 Å². The highest BCUT2D eigenvalue weighted by Gasteiger charge is 2.19. The van der Waals surface area contributed by atoms with E-state index in [9.17, 15) is 19.8 Å². The van der Waals surface area contributed by atoms with Gasteiger partial charge in [-0.2, -0.15) is 0 Å². The molecule has 0 spiro atoms. The lowest BCUT2D eigenvalue weighted by atomic mass is 10.1. The number of hydrogen-bond donors (Lipinski definition) is 3. The molecule has 1 amide bonds. The molecule has 0 aliphatic heterocycles. The van der Waals surface area contributed by atoms with Gasteiger partial charge in [0.2, 0.25) is 17.4 Å². The van der Waals surface area contributed by atoms with E-state index >= 15 is 0 Å². The van der Waals surface area contributed by atoms with Gasteiger partial charge in [-0.25, -0.2) is 0 Å². The second-order valence-electron chi connectivity index (χ2n) is 9.23. The molecule has 1 heterocycles. The summed E-state index contributed by atoms with van der Waals surface area (Å²) in [6.07, 6.45) is 9.14. The molecule has 0 saturated heterocycles. The molecular weight excluding hydrogens is 512 g/mol. The zero-order valence-electron chi connectivity index (χ0n) is 23.7. The number of nitrogens with zero attached hydrogens (tertiary/aromatic N) is 1. The van der Waals surface area contributed by atoms with Crippen LogP contribution in [0.2, 0.25) is 0 Å². The molecule has 2 aromatic carbocycles. The molecule has 3 N–H and O–H groups in total. The largest absolute Gasteiger partial charge is 0.502 e. The first-order chi connectivity index (χ1) is 19.3. The zero-order chi connectivity index (χ0) is 29.2. The molecule has 0 aliphatic carbocycles. The summed E-state index contributed by atoms with van der Waals surface area (Å²) < 4.78 is 17.8. The number of allylic oxidation sites excluding steroid dienone is 2. The van der Waals surface area contributed by atoms with Gasteiger partial charge in [-0.1, -0.05) is 33.1 Å². The van der Waals surface area contributed by atoms with E-state index in [1.54, 1.807) is 42.5 Å². The number of amides is 1. The molecule has 0 bridgehead atoms. The summed E-state index contributed by atoms with van der Waals surface area (Å²) >= 11 is 0. The third kappa shape index (κ3) is 6.97. The molecule has 0 saturated carbocycles. The van der Waals surface area contributed by atoms with Crippen molar-refractivity contribution in [3.8, 4) is 28.7 Å². The molecule has 1 aromatic heterocycles. The summed E-state index contributed by atoms with van der Waals surface area (Å²) in [6.45, 7) is 6.30. The number of phenols is 1. The van der Waals surface area contributed by atoms with Gasteiger partial charge in [-0.3, -0.25) is 9.59 Å². The van der Waals surface area contributed by atoms with Crippen molar-refractivity contribution in [2.45, 2.75) is 59.4 Å². The first-order valence-corrected chi connectivity index (χ1v) is 13.4. The number of methoxy groups -OCH3 is 2. The van der Waals surface area contributed by atoms with Gasteiger partial charge in [-0.05, 0) is 61.4 Å². The predicted molar refractivity (Wildman–Crippen MR) is 158 cm³/mol. The lowest BCUT2D eigenvalue weighted by Crippen LogP contribution is -2.21. The number of nitrogens with one attached hydrogen (secondary N) is 1. The number of pyridine rings is 1. The number of ether oxygens (including phenoxy) is 3. The highest BCUT2D eigenvalue weighted by Crippen LogP contribution is 2.38. The van der Waals surface area contributed by atoms with Crippen molar-refractivity contribution in [3.05, 3.63) is 64.2 Å². The quantitative estimate of drug-likeness (QED) is 0.129. The highest BCUT2D eigenvalue weighted by molar-refractivity contribution is 6.03. The number of phenolic OH excluding ortho intramolecular Hbond substituents is 1. The summed E-state index contributed by atoms with van der Waals surface area (Å²) in [5, 5.41) is 24.3. The molecule has 9 nitrogen and oxygen atoms in total. The molecule has 3 rings (SSSR count). The van der Waals surface area contributed by atoms with Crippen LogP contribution in [0.4, 0.5) is 5.69 Å². The molecule has 0 aliphatic rings. The molecule has 214 valence electrons. The Hall–Kier alpha value is -4.40. The number of rotatable bonds is 13. The third-order valence-corrected chi connectivity index (χ3v) is 6.53. The second-order valence-corrected chi connectivity index (χ2v) is 9.23. The van der Waals surface area contributed by atoms with Crippen LogP contribution in [0.15, 0.2) is 53.0 Å². The molecule has 0 unspecified atom stereocenters. The maximum Gasteiger partial charge on any atom is 0.297 e. The summed E-state index contributed by atoms with van der Waals surface area (Å²) in [5.41, 5.74) is 1.08. The number of aromatic hydroxyl groups is 2. The minimum atomic E-state index is -0.538. The van der Waals surface area contributed by atoms with E-state index in [1.807, 2.05) is 13.8 Å². The average Bonchev–Trinajstić information content (AvgIpc) is 2.96. The number of carbonyl (C=O) groups is 1. The fourth-order valence-electron chi connectivity index (χ4n) is 4.34. The van der Waals surface area contributed by atoms with E-state index in [2.05, 4.69) is 12.2 Å². The van der Waals surface area contributed by atoms with Crippen LogP contribution in [0.25, 0.3) is 17.0 Å². The van der Waals surface area contributed by atoms with Crippen molar-refractivity contribution in [3.63, 3.8) is 0 Å². The standard InChI is InChI=1S/C31H38N2O7/c1-6-9-10-11-16-33-24-19-21(13-14-23(24)30(29(36)31(33)37)40-22(7-2)8-3)32-27(34)15-12-20-17-25(38-4)28(35)26(18-20)39-5/h7,12-15,17-19,35-36H,6,8-11,16H2,1-5H3,(H,32,34)/b15-12+,22-7?. The number of anilines is 1. The number of aryl methyl sites for hydroxylation is 1. The Balaban J connectivity index is 1.97. The van der Waals surface area contributed by atoms with Crippen LogP contribution >= 0.6 is 0 Å². The lowest BCUT2D eigenvalue weighted by molar-refractivity contribution is -0.111. The fourth-order valence-corrected chi connectivity index (χ4v) is 4.34. The Morgan fingerprint density at radius 3 is 2.30 bits per heavy atom. The molecule has 3 aromatic rings. The van der Waals surface area contributed by atoms with E-state index < -0.39 is 17.2 Å². The number of unbranched alkanes of at least 4 members (excludes halogenated alkanes) is 3. The first-order valence-electron chi connectivity index (χ1n) is 13.4. The van der Waals surface area contributed by atoms with Gasteiger partial charge in [0.1, 0.15) is 0 Å². The van der Waals surface area contributed by atoms with Crippen LogP contribution in [0.5, 0.6) is 28.7 Å². The number of hydrogen-bond acceptors (Lipinski definition) is 7. The van der Waals surface area contributed by atoms with Crippen LogP contribution in [0.3, 0.4) is 0 Å². The number of carbonyl (C=O) groups excluding carboxylic acids is 1. The van der Waals surface area contributed by atoms with Crippen molar-refractivity contribution in [2.24, 2.45) is 0 Å². The Morgan fingerprint density at radius 2 is 1.70 bits per heavy atom. The summed E-state index contributed by atoms with van der Waals surface area (Å²) in [6, 6.07) is 8.30. The van der Waals surface area contributed by atoms with Crippen LogP contribution in [0, 0.1) is 0 Å². The summed E-state index contributed by atoms with van der Waals surface area (Å²) in [4.78, 5) is 26.0. The molecule has 0 atom stereocenters. The maximum atomic E-state index is 13.2. The van der Waals surface area contributed by atoms with Crippen LogP contribution in [-0.2, 0) is 11.3 Å². The van der Waals surface area contributed by atoms with Gasteiger partial charge in [0.05, 0.1) is 25.5 Å². The van der Waals surface area contributed by atoms with Crippen LogP contribution in [0.1, 0.15) is 58.4 Å². The molecular formula is C31H38N2O7. The van der Waals surface area contributed by atoms with E-state index in [0.717, 1.165) is 25.7 Å². The lowest BCUT2D eigenvalue weighted by Gasteiger charge is -2.17. The maximum absolute atomic E-state index is 13.2. The van der Waals surface area contributed by atoms with Gasteiger partial charge in [0.25, 0.3) is 5.56 Å². The van der Waals surface area contributed by atoms with Crippen LogP contribution < -0.4 is 25.1 Å². The summed E-state index contributed by atoms with van der Waals surface area (Å²) in [5.74, 6) is 0.204. The first kappa shape index (κ1) is 30.1. The number of benzene rings is 2. The Labute approximate surface area is 234 Å². The van der Waals surface area contributed by atoms with E-state index in [4.69, 9.17) is 14.2 Å². The molecule has 0 radical (unpaired) electrons. The predicted octanol–water partition coefficient (Wildman–Crippen LogP) is 6.35. The Morgan fingerprint density at radius 1 is 1.00 bits per heavy atom. The molecule has 9 heteroatoms. The molecule has 0 fully saturated rings. The Bertz CT molecular complexity index is 1450. The Kier molecular flexibility index (Phi) is 10.6. The summed E-state index contributed by atoms with van der Waals surface area (Å²) in [7, 11) is 2.85. The van der Waals surface area contributed by atoms with Gasteiger partial charge in [0, 0.05) is 30.1 Å². The third-order valence-electron chi connectivity index (χ3n) is 6.53. The minimum Gasteiger partial charge on any atom is -0.502 e. The van der Waals surface area contributed by atoms with Gasteiger partial charge in [-0.15, -0.1) is 0 Å². The number of aromatic nitrogens is 1. The zero-order valence-corrected chi connectivity index (χ0v) is 23.7. The SMILES string of the molecule is CC=C(CC)Oc1c(O)c(=O)n(CCCCCC)c2cc(NC(=O)/C=C/c3cc(OC)c(O)c(OC)c3)ccc12. The normalized spacial score (nSPS) is 11.7. The topological polar surface area (TPSA) is 119 Å². The fraction of sp³-hybridized carbons (Fsp3) is 0.355. The number of fused-ring (bicyclic) bond motifs is 1. The second kappa shape index (κ2) is 14.1. The van der Waals surface area contributed by atoms with Crippen molar-refractivity contribution in [2.75, 3.05) is 19.5 Å². The van der Waals surface area contributed by atoms with Crippen molar-refractivity contribution in [1.29, 1.82) is 0 Å². The smallest absolute Gasteiger partial charge is 0.297 e. The monoisotopic (exact) mass is 550 g/mol.